The van der Waals surface area contributed by atoms with Crippen molar-refractivity contribution in [1.82, 2.24) is 15.3 Å². The molecule has 31 heavy (non-hydrogen) atoms. The molecule has 8 nitrogen and oxygen atoms in total. The molecular weight excluding hydrogens is 398 g/mol. The predicted octanol–water partition coefficient (Wildman–Crippen LogP) is 2.45. The van der Waals surface area contributed by atoms with Gasteiger partial charge in [-0.15, -0.1) is 0 Å². The van der Waals surface area contributed by atoms with Crippen LogP contribution >= 0.6 is 0 Å². The van der Waals surface area contributed by atoms with Gasteiger partial charge in [0.25, 0.3) is 0 Å². The Balaban J connectivity index is 1.58. The Morgan fingerprint density at radius 2 is 1.87 bits per heavy atom. The lowest BCUT2D eigenvalue weighted by Gasteiger charge is -2.43. The van der Waals surface area contributed by atoms with Gasteiger partial charge in [0, 0.05) is 19.6 Å². The number of likely N-dealkylation sites (tertiary alicyclic amines) is 1. The van der Waals surface area contributed by atoms with Crippen molar-refractivity contribution in [1.29, 1.82) is 0 Å². The molecule has 1 aromatic rings. The van der Waals surface area contributed by atoms with Gasteiger partial charge in [-0.25, -0.2) is 10.3 Å². The Labute approximate surface area is 181 Å². The van der Waals surface area contributed by atoms with Crippen LogP contribution in [-0.2, 0) is 9.59 Å². The molecule has 3 N–H and O–H groups in total. The van der Waals surface area contributed by atoms with Crippen molar-refractivity contribution in [3.8, 4) is 0 Å². The molecule has 3 aliphatic rings. The maximum atomic E-state index is 13.5. The first-order chi connectivity index (χ1) is 14.8. The molecule has 0 radical (unpaired) electrons. The first-order valence-corrected chi connectivity index (χ1v) is 10.7. The summed E-state index contributed by atoms with van der Waals surface area (Å²) in [5.41, 5.74) is 3.37. The van der Waals surface area contributed by atoms with Gasteiger partial charge in [0.05, 0.1) is 5.92 Å². The molecule has 1 aliphatic carbocycles. The maximum absolute atomic E-state index is 13.5. The number of carboxylic acid groups (broad SMARTS) is 1. The van der Waals surface area contributed by atoms with Crippen molar-refractivity contribution in [2.45, 2.75) is 32.7 Å². The molecule has 2 unspecified atom stereocenters. The highest BCUT2D eigenvalue weighted by molar-refractivity contribution is 5.94. The lowest BCUT2D eigenvalue weighted by Crippen LogP contribution is -2.61. The number of carbonyl (C=O) groups is 3. The lowest BCUT2D eigenvalue weighted by molar-refractivity contribution is -0.149. The lowest BCUT2D eigenvalue weighted by atomic mass is 9.77. The van der Waals surface area contributed by atoms with E-state index in [0.717, 1.165) is 22.5 Å². The molecule has 1 spiro atoms. The number of hydroxylamine groups is 1. The summed E-state index contributed by atoms with van der Waals surface area (Å²) in [6, 6.07) is 8.56. The van der Waals surface area contributed by atoms with Crippen molar-refractivity contribution in [2.75, 3.05) is 19.6 Å². The van der Waals surface area contributed by atoms with Crippen molar-refractivity contribution >= 4 is 23.5 Å². The van der Waals surface area contributed by atoms with E-state index in [1.54, 1.807) is 10.4 Å². The SMILES string of the molecule is CC(C)C1CC12C[C@H](C(=O)NO)[C@@H](C(=O)N1CC=C(c3ccccc3)C1)N(C(=O)O)C2. The Kier molecular flexibility index (Phi) is 5.51. The van der Waals surface area contributed by atoms with Crippen LogP contribution in [0.5, 0.6) is 0 Å². The standard InChI is InChI=1S/C23H29N3O5/c1-14(2)18-11-23(18)10-17(20(27)24-31)19(26(13-23)22(29)30)21(28)25-9-8-16(12-25)15-6-4-3-5-7-15/h3-8,14,17-19,31H,9-13H2,1-2H3,(H,24,27)(H,29,30)/t17-,18?,19-,23?/m0/s1. The Morgan fingerprint density at radius 3 is 2.45 bits per heavy atom. The van der Waals surface area contributed by atoms with E-state index in [0.29, 0.717) is 31.3 Å². The van der Waals surface area contributed by atoms with Gasteiger partial charge < -0.3 is 10.0 Å². The molecule has 1 saturated carbocycles. The molecule has 8 heteroatoms. The fourth-order valence-electron chi connectivity index (χ4n) is 5.59. The van der Waals surface area contributed by atoms with E-state index >= 15 is 0 Å². The maximum Gasteiger partial charge on any atom is 0.408 e. The first kappa shape index (κ1) is 21.4. The minimum atomic E-state index is -1.21. The fraction of sp³-hybridized carbons (Fsp3) is 0.522. The molecule has 2 aliphatic heterocycles. The second-order valence-corrected chi connectivity index (χ2v) is 9.37. The highest BCUT2D eigenvalue weighted by Gasteiger charge is 2.63. The molecule has 166 valence electrons. The van der Waals surface area contributed by atoms with E-state index in [1.165, 1.54) is 0 Å². The van der Waals surface area contributed by atoms with Gasteiger partial charge >= 0.3 is 6.09 Å². The number of amides is 3. The van der Waals surface area contributed by atoms with Crippen LogP contribution in [0, 0.1) is 23.2 Å². The summed E-state index contributed by atoms with van der Waals surface area (Å²) in [6.07, 6.45) is 1.97. The van der Waals surface area contributed by atoms with Crippen molar-refractivity contribution in [3.05, 3.63) is 42.0 Å². The summed E-state index contributed by atoms with van der Waals surface area (Å²) in [7, 11) is 0. The molecule has 3 amide bonds. The topological polar surface area (TPSA) is 110 Å². The van der Waals surface area contributed by atoms with Crippen molar-refractivity contribution in [2.24, 2.45) is 23.2 Å². The third-order valence-electron chi connectivity index (χ3n) is 7.21. The zero-order valence-corrected chi connectivity index (χ0v) is 17.8. The van der Waals surface area contributed by atoms with Gasteiger partial charge in [-0.05, 0) is 41.2 Å². The molecule has 1 aromatic carbocycles. The zero-order valence-electron chi connectivity index (χ0n) is 17.8. The van der Waals surface area contributed by atoms with Gasteiger partial charge in [-0.3, -0.25) is 19.7 Å². The van der Waals surface area contributed by atoms with E-state index in [2.05, 4.69) is 13.8 Å². The molecule has 0 aromatic heterocycles. The van der Waals surface area contributed by atoms with Gasteiger partial charge in [0.15, 0.2) is 0 Å². The average molecular weight is 428 g/mol. The van der Waals surface area contributed by atoms with E-state index in [1.807, 2.05) is 36.4 Å². The number of nitrogens with zero attached hydrogens (tertiary/aromatic N) is 2. The summed E-state index contributed by atoms with van der Waals surface area (Å²) >= 11 is 0. The van der Waals surface area contributed by atoms with E-state index in [9.17, 15) is 24.7 Å². The number of benzene rings is 1. The van der Waals surface area contributed by atoms with E-state index in [-0.39, 0.29) is 12.0 Å². The summed E-state index contributed by atoms with van der Waals surface area (Å²) in [5, 5.41) is 19.3. The van der Waals surface area contributed by atoms with Crippen LogP contribution in [0.4, 0.5) is 4.79 Å². The number of rotatable bonds is 4. The molecule has 1 saturated heterocycles. The van der Waals surface area contributed by atoms with Crippen LogP contribution in [0.2, 0.25) is 0 Å². The monoisotopic (exact) mass is 427 g/mol. The fourth-order valence-corrected chi connectivity index (χ4v) is 5.59. The predicted molar refractivity (Wildman–Crippen MR) is 113 cm³/mol. The summed E-state index contributed by atoms with van der Waals surface area (Å²) in [6.45, 7) is 5.14. The first-order valence-electron chi connectivity index (χ1n) is 10.7. The number of piperidine rings is 1. The van der Waals surface area contributed by atoms with Crippen LogP contribution in [0.1, 0.15) is 32.3 Å². The van der Waals surface area contributed by atoms with E-state index in [4.69, 9.17) is 0 Å². The van der Waals surface area contributed by atoms with E-state index < -0.39 is 29.9 Å². The summed E-state index contributed by atoms with van der Waals surface area (Å²) in [4.78, 5) is 41.0. The van der Waals surface area contributed by atoms with Gasteiger partial charge in [-0.1, -0.05) is 50.3 Å². The zero-order chi connectivity index (χ0) is 22.3. The smallest absolute Gasteiger partial charge is 0.408 e. The molecule has 4 rings (SSSR count). The molecule has 0 bridgehead atoms. The highest BCUT2D eigenvalue weighted by Crippen LogP contribution is 2.62. The molecule has 2 fully saturated rings. The molecular formula is C23H29N3O5. The minimum Gasteiger partial charge on any atom is -0.465 e. The second kappa shape index (κ2) is 8.00. The Hall–Kier alpha value is -2.87. The van der Waals surface area contributed by atoms with Crippen LogP contribution in [0.15, 0.2) is 36.4 Å². The van der Waals surface area contributed by atoms with Gasteiger partial charge in [-0.2, -0.15) is 0 Å². The number of nitrogens with one attached hydrogen (secondary N) is 1. The number of hydrogen-bond acceptors (Lipinski definition) is 4. The van der Waals surface area contributed by atoms with Crippen LogP contribution in [0.3, 0.4) is 0 Å². The van der Waals surface area contributed by atoms with Crippen molar-refractivity contribution < 1.29 is 24.7 Å². The van der Waals surface area contributed by atoms with Crippen molar-refractivity contribution in [3.63, 3.8) is 0 Å². The number of hydrogen-bond donors (Lipinski definition) is 3. The largest absolute Gasteiger partial charge is 0.465 e. The average Bonchev–Trinajstić information content (AvgIpc) is 3.23. The summed E-state index contributed by atoms with van der Waals surface area (Å²) in [5.74, 6) is -1.36. The third kappa shape index (κ3) is 3.80. The second-order valence-electron chi connectivity index (χ2n) is 9.37. The van der Waals surface area contributed by atoms with Gasteiger partial charge in [0.1, 0.15) is 6.04 Å². The van der Waals surface area contributed by atoms with Crippen LogP contribution in [-0.4, -0.2) is 63.7 Å². The minimum absolute atomic E-state index is 0.240. The Bertz CT molecular complexity index is 915. The van der Waals surface area contributed by atoms with Crippen LogP contribution < -0.4 is 5.48 Å². The molecule has 2 heterocycles. The third-order valence-corrected chi connectivity index (χ3v) is 7.21. The normalized spacial score (nSPS) is 29.8. The van der Waals surface area contributed by atoms with Gasteiger partial charge in [0.2, 0.25) is 11.8 Å². The summed E-state index contributed by atoms with van der Waals surface area (Å²) < 4.78 is 0. The highest BCUT2D eigenvalue weighted by atomic mass is 16.5. The molecule has 4 atom stereocenters. The number of carbonyl (C=O) groups excluding carboxylic acids is 2. The van der Waals surface area contributed by atoms with Crippen LogP contribution in [0.25, 0.3) is 5.57 Å². The Morgan fingerprint density at radius 1 is 1.16 bits per heavy atom. The quantitative estimate of drug-likeness (QED) is 0.505.